The maximum absolute atomic E-state index is 5.27. The number of likely N-dealkylation sites (N-methyl/N-ethyl adjacent to an activating group) is 1. The Balaban J connectivity index is 2.41. The quantitative estimate of drug-likeness (QED) is 0.749. The fraction of sp³-hybridized carbons (Fsp3) is 1.00. The number of likely N-dealkylation sites (tertiary alicyclic amines) is 1. The molecule has 1 rings (SSSR count). The molecule has 0 aromatic rings. The number of piperidine rings is 1. The van der Waals surface area contributed by atoms with Crippen molar-refractivity contribution in [3.63, 3.8) is 0 Å². The lowest BCUT2D eigenvalue weighted by Gasteiger charge is -2.38. The molecule has 0 amide bonds. The van der Waals surface area contributed by atoms with Crippen molar-refractivity contribution in [2.45, 2.75) is 45.7 Å². The van der Waals surface area contributed by atoms with Gasteiger partial charge in [-0.15, -0.1) is 0 Å². The van der Waals surface area contributed by atoms with Crippen molar-refractivity contribution in [1.29, 1.82) is 0 Å². The van der Waals surface area contributed by atoms with E-state index in [2.05, 4.69) is 31.0 Å². The van der Waals surface area contributed by atoms with Gasteiger partial charge in [0.2, 0.25) is 0 Å². The molecule has 96 valence electrons. The van der Waals surface area contributed by atoms with Crippen LogP contribution in [0, 0.1) is 5.92 Å². The van der Waals surface area contributed by atoms with E-state index in [-0.39, 0.29) is 0 Å². The summed E-state index contributed by atoms with van der Waals surface area (Å²) in [6, 6.07) is 1.21. The minimum Gasteiger partial charge on any atom is -0.383 e. The van der Waals surface area contributed by atoms with Crippen LogP contribution in [-0.4, -0.2) is 50.3 Å². The summed E-state index contributed by atoms with van der Waals surface area (Å²) < 4.78 is 5.27. The van der Waals surface area contributed by atoms with Crippen LogP contribution in [0.25, 0.3) is 0 Å². The van der Waals surface area contributed by atoms with E-state index < -0.39 is 0 Å². The molecule has 1 fully saturated rings. The predicted octanol–water partition coefficient (Wildman–Crippen LogP) is 1.73. The summed E-state index contributed by atoms with van der Waals surface area (Å²) in [6.07, 6.45) is 2.72. The summed E-state index contributed by atoms with van der Waals surface area (Å²) in [6.45, 7) is 11.1. The Kier molecular flexibility index (Phi) is 6.32. The van der Waals surface area contributed by atoms with Crippen molar-refractivity contribution < 1.29 is 4.74 Å². The molecule has 3 nitrogen and oxygen atoms in total. The smallest absolute Gasteiger partial charge is 0.0628 e. The highest BCUT2D eigenvalue weighted by molar-refractivity contribution is 4.81. The molecule has 3 atom stereocenters. The summed E-state index contributed by atoms with van der Waals surface area (Å²) in [5, 5.41) is 3.50. The third-order valence-electron chi connectivity index (χ3n) is 3.56. The predicted molar refractivity (Wildman–Crippen MR) is 68.8 cm³/mol. The zero-order valence-corrected chi connectivity index (χ0v) is 11.3. The van der Waals surface area contributed by atoms with Crippen molar-refractivity contribution in [2.75, 3.05) is 33.4 Å². The Hall–Kier alpha value is -0.120. The Morgan fingerprint density at radius 3 is 2.75 bits per heavy atom. The summed E-state index contributed by atoms with van der Waals surface area (Å²) in [4.78, 5) is 2.61. The van der Waals surface area contributed by atoms with Crippen LogP contribution in [0.15, 0.2) is 0 Å². The number of nitrogens with one attached hydrogen (secondary N) is 1. The van der Waals surface area contributed by atoms with Crippen molar-refractivity contribution in [3.05, 3.63) is 0 Å². The normalized spacial score (nSPS) is 29.2. The van der Waals surface area contributed by atoms with Crippen molar-refractivity contribution in [1.82, 2.24) is 10.2 Å². The molecule has 0 aromatic heterocycles. The molecule has 0 bridgehead atoms. The molecule has 1 saturated heterocycles. The first-order valence-corrected chi connectivity index (χ1v) is 6.63. The SMILES string of the molecule is CCNC(COC)CN1CC(C)CCC1C. The molecule has 0 aromatic carbocycles. The van der Waals surface area contributed by atoms with Gasteiger partial charge in [0.25, 0.3) is 0 Å². The molecule has 0 spiro atoms. The Morgan fingerprint density at radius 1 is 1.38 bits per heavy atom. The fourth-order valence-corrected chi connectivity index (χ4v) is 2.58. The van der Waals surface area contributed by atoms with Gasteiger partial charge in [-0.1, -0.05) is 13.8 Å². The molecular formula is C13H28N2O. The lowest BCUT2D eigenvalue weighted by atomic mass is 9.94. The van der Waals surface area contributed by atoms with Gasteiger partial charge in [-0.05, 0) is 32.2 Å². The minimum absolute atomic E-state index is 0.475. The van der Waals surface area contributed by atoms with E-state index in [1.807, 2.05) is 0 Å². The summed E-state index contributed by atoms with van der Waals surface area (Å²) >= 11 is 0. The van der Waals surface area contributed by atoms with Gasteiger partial charge >= 0.3 is 0 Å². The van der Waals surface area contributed by atoms with Gasteiger partial charge in [-0.3, -0.25) is 4.90 Å². The second-order valence-electron chi connectivity index (χ2n) is 5.20. The fourth-order valence-electron chi connectivity index (χ4n) is 2.58. The summed E-state index contributed by atoms with van der Waals surface area (Å²) in [5.41, 5.74) is 0. The number of nitrogens with zero attached hydrogens (tertiary/aromatic N) is 1. The first-order valence-electron chi connectivity index (χ1n) is 6.63. The molecule has 1 heterocycles. The van der Waals surface area contributed by atoms with Crippen LogP contribution in [0.5, 0.6) is 0 Å². The van der Waals surface area contributed by atoms with Gasteiger partial charge in [0.1, 0.15) is 0 Å². The molecule has 1 aliphatic rings. The molecule has 1 aliphatic heterocycles. The van der Waals surface area contributed by atoms with E-state index in [1.54, 1.807) is 7.11 Å². The maximum atomic E-state index is 5.27. The molecule has 0 saturated carbocycles. The highest BCUT2D eigenvalue weighted by Crippen LogP contribution is 2.21. The van der Waals surface area contributed by atoms with E-state index in [0.29, 0.717) is 6.04 Å². The number of ether oxygens (including phenoxy) is 1. The monoisotopic (exact) mass is 228 g/mol. The Morgan fingerprint density at radius 2 is 2.12 bits per heavy atom. The van der Waals surface area contributed by atoms with Crippen LogP contribution < -0.4 is 5.32 Å². The topological polar surface area (TPSA) is 24.5 Å². The van der Waals surface area contributed by atoms with Crippen LogP contribution in [0.2, 0.25) is 0 Å². The van der Waals surface area contributed by atoms with Gasteiger partial charge in [-0.25, -0.2) is 0 Å². The standard InChI is InChI=1S/C13H28N2O/c1-5-14-13(10-16-4)9-15-8-11(2)6-7-12(15)3/h11-14H,5-10H2,1-4H3. The van der Waals surface area contributed by atoms with E-state index >= 15 is 0 Å². The first-order chi connectivity index (χ1) is 7.67. The lowest BCUT2D eigenvalue weighted by molar-refractivity contribution is 0.0859. The van der Waals surface area contributed by atoms with Crippen LogP contribution in [-0.2, 0) is 4.74 Å². The number of hydrogen-bond donors (Lipinski definition) is 1. The molecule has 1 N–H and O–H groups in total. The Bertz CT molecular complexity index is 181. The molecule has 0 aliphatic carbocycles. The number of rotatable bonds is 6. The van der Waals surface area contributed by atoms with Crippen LogP contribution in [0.3, 0.4) is 0 Å². The number of methoxy groups -OCH3 is 1. The molecule has 3 unspecified atom stereocenters. The second-order valence-corrected chi connectivity index (χ2v) is 5.20. The van der Waals surface area contributed by atoms with E-state index in [0.717, 1.165) is 31.7 Å². The van der Waals surface area contributed by atoms with Crippen molar-refractivity contribution >= 4 is 0 Å². The van der Waals surface area contributed by atoms with Gasteiger partial charge in [0.15, 0.2) is 0 Å². The zero-order chi connectivity index (χ0) is 12.0. The highest BCUT2D eigenvalue weighted by atomic mass is 16.5. The summed E-state index contributed by atoms with van der Waals surface area (Å²) in [5.74, 6) is 0.848. The maximum Gasteiger partial charge on any atom is 0.0628 e. The largest absolute Gasteiger partial charge is 0.383 e. The molecule has 3 heteroatoms. The average molecular weight is 228 g/mol. The summed E-state index contributed by atoms with van der Waals surface area (Å²) in [7, 11) is 1.78. The van der Waals surface area contributed by atoms with E-state index in [9.17, 15) is 0 Å². The van der Waals surface area contributed by atoms with Crippen LogP contribution in [0.1, 0.15) is 33.6 Å². The van der Waals surface area contributed by atoms with Crippen LogP contribution in [0.4, 0.5) is 0 Å². The van der Waals surface area contributed by atoms with E-state index in [4.69, 9.17) is 4.74 Å². The van der Waals surface area contributed by atoms with Gasteiger partial charge in [0.05, 0.1) is 6.61 Å². The van der Waals surface area contributed by atoms with Crippen molar-refractivity contribution in [3.8, 4) is 0 Å². The van der Waals surface area contributed by atoms with E-state index in [1.165, 1.54) is 19.4 Å². The average Bonchev–Trinajstić information content (AvgIpc) is 2.24. The third kappa shape index (κ3) is 4.40. The first kappa shape index (κ1) is 13.9. The van der Waals surface area contributed by atoms with Crippen molar-refractivity contribution in [2.24, 2.45) is 5.92 Å². The molecule has 16 heavy (non-hydrogen) atoms. The number of hydrogen-bond acceptors (Lipinski definition) is 3. The molecule has 0 radical (unpaired) electrons. The molecular weight excluding hydrogens is 200 g/mol. The Labute approximate surface area is 101 Å². The van der Waals surface area contributed by atoms with Gasteiger partial charge in [-0.2, -0.15) is 0 Å². The third-order valence-corrected chi connectivity index (χ3v) is 3.56. The van der Waals surface area contributed by atoms with Crippen LogP contribution >= 0.6 is 0 Å². The zero-order valence-electron chi connectivity index (χ0n) is 11.3. The highest BCUT2D eigenvalue weighted by Gasteiger charge is 2.24. The van der Waals surface area contributed by atoms with Gasteiger partial charge in [0, 0.05) is 32.3 Å². The second kappa shape index (κ2) is 7.25. The van der Waals surface area contributed by atoms with Gasteiger partial charge < -0.3 is 10.1 Å². The lowest BCUT2D eigenvalue weighted by Crippen LogP contribution is -2.49. The minimum atomic E-state index is 0.475.